The second-order valence-corrected chi connectivity index (χ2v) is 5.47. The Labute approximate surface area is 120 Å². The van der Waals surface area contributed by atoms with Gasteiger partial charge in [0.2, 0.25) is 5.91 Å². The summed E-state index contributed by atoms with van der Waals surface area (Å²) in [5, 5.41) is 11.6. The Morgan fingerprint density at radius 1 is 1.40 bits per heavy atom. The Morgan fingerprint density at radius 2 is 2.05 bits per heavy atom. The molecule has 0 aromatic rings. The second-order valence-electron chi connectivity index (χ2n) is 5.47. The number of hydrogen-bond donors (Lipinski definition) is 2. The van der Waals surface area contributed by atoms with Crippen LogP contribution in [0.2, 0.25) is 0 Å². The lowest BCUT2D eigenvalue weighted by Crippen LogP contribution is -2.45. The number of rotatable bonds is 8. The average molecular weight is 285 g/mol. The minimum Gasteiger partial charge on any atom is -0.409 e. The van der Waals surface area contributed by atoms with E-state index in [1.54, 1.807) is 12.0 Å². The van der Waals surface area contributed by atoms with Crippen molar-refractivity contribution in [2.24, 2.45) is 16.3 Å². The summed E-state index contributed by atoms with van der Waals surface area (Å²) < 4.78 is 5.08. The Hall–Kier alpha value is -1.30. The third-order valence-corrected chi connectivity index (χ3v) is 4.31. The van der Waals surface area contributed by atoms with E-state index < -0.39 is 0 Å². The predicted molar refractivity (Wildman–Crippen MR) is 77.7 cm³/mol. The van der Waals surface area contributed by atoms with Gasteiger partial charge in [0.15, 0.2) is 0 Å². The highest BCUT2D eigenvalue weighted by Crippen LogP contribution is 2.42. The molecule has 1 aliphatic carbocycles. The maximum absolute atomic E-state index is 12.8. The van der Waals surface area contributed by atoms with Crippen LogP contribution in [0.5, 0.6) is 0 Å². The molecule has 0 aromatic carbocycles. The topological polar surface area (TPSA) is 88.2 Å². The van der Waals surface area contributed by atoms with Crippen molar-refractivity contribution in [2.75, 3.05) is 26.8 Å². The van der Waals surface area contributed by atoms with Crippen molar-refractivity contribution in [3.63, 3.8) is 0 Å². The van der Waals surface area contributed by atoms with E-state index in [4.69, 9.17) is 15.7 Å². The van der Waals surface area contributed by atoms with Gasteiger partial charge >= 0.3 is 0 Å². The molecule has 1 aliphatic rings. The standard InChI is InChI=1S/C14H27N3O3/c1-3-14(7-4-5-8-14)13(18)17(10-11-20-2)9-6-12(15)16-19/h19H,3-11H2,1-2H3,(H2,15,16). The number of nitrogens with two attached hydrogens (primary N) is 1. The van der Waals surface area contributed by atoms with Crippen LogP contribution in [-0.4, -0.2) is 48.7 Å². The molecule has 0 atom stereocenters. The van der Waals surface area contributed by atoms with Crippen molar-refractivity contribution in [2.45, 2.75) is 45.4 Å². The van der Waals surface area contributed by atoms with Gasteiger partial charge in [-0.1, -0.05) is 24.9 Å². The largest absolute Gasteiger partial charge is 0.409 e. The SMILES string of the molecule is CCC1(C(=O)N(CCOC)CCC(N)=NO)CCCC1. The predicted octanol–water partition coefficient (Wildman–Crippen LogP) is 1.57. The third-order valence-electron chi connectivity index (χ3n) is 4.31. The zero-order chi connectivity index (χ0) is 15.0. The van der Waals surface area contributed by atoms with Crippen LogP contribution in [0.3, 0.4) is 0 Å². The van der Waals surface area contributed by atoms with Gasteiger partial charge in [-0.3, -0.25) is 4.79 Å². The fourth-order valence-electron chi connectivity index (χ4n) is 2.92. The highest BCUT2D eigenvalue weighted by molar-refractivity contribution is 5.84. The van der Waals surface area contributed by atoms with Crippen LogP contribution in [0.15, 0.2) is 5.16 Å². The maximum Gasteiger partial charge on any atom is 0.228 e. The van der Waals surface area contributed by atoms with Crippen molar-refractivity contribution in [3.05, 3.63) is 0 Å². The quantitative estimate of drug-likeness (QED) is 0.307. The van der Waals surface area contributed by atoms with Crippen LogP contribution < -0.4 is 5.73 Å². The van der Waals surface area contributed by atoms with Crippen LogP contribution in [0.4, 0.5) is 0 Å². The van der Waals surface area contributed by atoms with Crippen LogP contribution in [-0.2, 0) is 9.53 Å². The van der Waals surface area contributed by atoms with E-state index in [2.05, 4.69) is 12.1 Å². The fourth-order valence-corrected chi connectivity index (χ4v) is 2.92. The zero-order valence-corrected chi connectivity index (χ0v) is 12.6. The highest BCUT2D eigenvalue weighted by Gasteiger charge is 2.41. The van der Waals surface area contributed by atoms with Gasteiger partial charge in [0.25, 0.3) is 0 Å². The van der Waals surface area contributed by atoms with Crippen molar-refractivity contribution in [1.82, 2.24) is 4.90 Å². The molecule has 116 valence electrons. The number of hydrogen-bond acceptors (Lipinski definition) is 4. The second kappa shape index (κ2) is 8.09. The van der Waals surface area contributed by atoms with E-state index in [1.807, 2.05) is 0 Å². The Morgan fingerprint density at radius 3 is 2.55 bits per heavy atom. The van der Waals surface area contributed by atoms with Gasteiger partial charge in [0, 0.05) is 32.0 Å². The fraction of sp³-hybridized carbons (Fsp3) is 0.857. The molecule has 0 aliphatic heterocycles. The minimum atomic E-state index is -0.209. The Kier molecular flexibility index (Phi) is 6.78. The van der Waals surface area contributed by atoms with Gasteiger partial charge < -0.3 is 20.6 Å². The molecule has 0 heterocycles. The number of carbonyl (C=O) groups excluding carboxylic acids is 1. The third kappa shape index (κ3) is 4.10. The minimum absolute atomic E-state index is 0.150. The van der Waals surface area contributed by atoms with Crippen molar-refractivity contribution < 1.29 is 14.7 Å². The monoisotopic (exact) mass is 285 g/mol. The maximum atomic E-state index is 12.8. The first-order valence-corrected chi connectivity index (χ1v) is 7.34. The summed E-state index contributed by atoms with van der Waals surface area (Å²) in [5.41, 5.74) is 5.29. The molecule has 0 bridgehead atoms. The van der Waals surface area contributed by atoms with Gasteiger partial charge in [-0.2, -0.15) is 0 Å². The van der Waals surface area contributed by atoms with Crippen LogP contribution in [0.1, 0.15) is 45.4 Å². The van der Waals surface area contributed by atoms with Crippen LogP contribution in [0.25, 0.3) is 0 Å². The summed E-state index contributed by atoms with van der Waals surface area (Å²) in [4.78, 5) is 14.6. The van der Waals surface area contributed by atoms with E-state index in [1.165, 1.54) is 0 Å². The molecule has 6 nitrogen and oxygen atoms in total. The lowest BCUT2D eigenvalue weighted by atomic mass is 9.82. The summed E-state index contributed by atoms with van der Waals surface area (Å²) >= 11 is 0. The highest BCUT2D eigenvalue weighted by atomic mass is 16.5. The zero-order valence-electron chi connectivity index (χ0n) is 12.6. The summed E-state index contributed by atoms with van der Waals surface area (Å²) in [6, 6.07) is 0. The first kappa shape index (κ1) is 16.8. The summed E-state index contributed by atoms with van der Waals surface area (Å²) in [7, 11) is 1.62. The number of amidine groups is 1. The molecular formula is C14H27N3O3. The number of nitrogens with zero attached hydrogens (tertiary/aromatic N) is 2. The lowest BCUT2D eigenvalue weighted by Gasteiger charge is -2.33. The molecular weight excluding hydrogens is 258 g/mol. The summed E-state index contributed by atoms with van der Waals surface area (Å²) in [6.45, 7) is 3.61. The Bertz CT molecular complexity index is 339. The van der Waals surface area contributed by atoms with Gasteiger partial charge in [-0.05, 0) is 19.3 Å². The molecule has 0 radical (unpaired) electrons. The Balaban J connectivity index is 2.72. The van der Waals surface area contributed by atoms with Crippen LogP contribution in [0, 0.1) is 5.41 Å². The molecule has 1 rings (SSSR count). The summed E-state index contributed by atoms with van der Waals surface area (Å²) in [5.74, 6) is 0.345. The van der Waals surface area contributed by atoms with E-state index in [9.17, 15) is 4.79 Å². The number of carbonyl (C=O) groups is 1. The molecule has 0 saturated heterocycles. The van der Waals surface area contributed by atoms with Gasteiger partial charge in [0.05, 0.1) is 6.61 Å². The number of methoxy groups -OCH3 is 1. The van der Waals surface area contributed by atoms with E-state index in [-0.39, 0.29) is 17.2 Å². The number of ether oxygens (including phenoxy) is 1. The number of amides is 1. The van der Waals surface area contributed by atoms with E-state index in [0.29, 0.717) is 26.1 Å². The summed E-state index contributed by atoms with van der Waals surface area (Å²) in [6.07, 6.45) is 5.44. The first-order valence-electron chi connectivity index (χ1n) is 7.34. The molecule has 20 heavy (non-hydrogen) atoms. The molecule has 1 amide bonds. The van der Waals surface area contributed by atoms with Crippen molar-refractivity contribution in [1.29, 1.82) is 0 Å². The van der Waals surface area contributed by atoms with E-state index in [0.717, 1.165) is 32.1 Å². The van der Waals surface area contributed by atoms with Crippen molar-refractivity contribution >= 4 is 11.7 Å². The van der Waals surface area contributed by atoms with E-state index >= 15 is 0 Å². The van der Waals surface area contributed by atoms with Crippen molar-refractivity contribution in [3.8, 4) is 0 Å². The lowest BCUT2D eigenvalue weighted by molar-refractivity contribution is -0.142. The molecule has 0 unspecified atom stereocenters. The molecule has 1 fully saturated rings. The number of oxime groups is 1. The molecule has 3 N–H and O–H groups in total. The average Bonchev–Trinajstić information content (AvgIpc) is 2.96. The molecule has 6 heteroatoms. The van der Waals surface area contributed by atoms with Gasteiger partial charge in [0.1, 0.15) is 5.84 Å². The van der Waals surface area contributed by atoms with Crippen LogP contribution >= 0.6 is 0 Å². The molecule has 0 aromatic heterocycles. The van der Waals surface area contributed by atoms with Gasteiger partial charge in [-0.15, -0.1) is 0 Å². The van der Waals surface area contributed by atoms with Gasteiger partial charge in [-0.25, -0.2) is 0 Å². The molecule has 1 saturated carbocycles. The normalized spacial score (nSPS) is 18.2. The smallest absolute Gasteiger partial charge is 0.228 e. The first-order chi connectivity index (χ1) is 9.59. The molecule has 0 spiro atoms.